The Bertz CT molecular complexity index is 650. The van der Waals surface area contributed by atoms with Gasteiger partial charge < -0.3 is 5.11 Å². The summed E-state index contributed by atoms with van der Waals surface area (Å²) in [4.78, 5) is 24.3. The number of hydrogen-bond acceptors (Lipinski definition) is 3. The molecular weight excluding hydrogens is 312 g/mol. The lowest BCUT2D eigenvalue weighted by Crippen LogP contribution is -2.55. The van der Waals surface area contributed by atoms with Crippen molar-refractivity contribution in [3.63, 3.8) is 0 Å². The third kappa shape index (κ3) is 2.20. The number of aliphatic hydroxyl groups excluding tert-OH is 1. The molecule has 0 bridgehead atoms. The van der Waals surface area contributed by atoms with E-state index in [1.807, 2.05) is 6.08 Å². The van der Waals surface area contributed by atoms with Crippen LogP contribution in [0.4, 0.5) is 0 Å². The third-order valence-corrected chi connectivity index (χ3v) is 8.85. The van der Waals surface area contributed by atoms with Crippen LogP contribution in [0.25, 0.3) is 0 Å². The molecule has 0 amide bonds. The molecule has 25 heavy (non-hydrogen) atoms. The van der Waals surface area contributed by atoms with Gasteiger partial charge in [-0.15, -0.1) is 0 Å². The highest BCUT2D eigenvalue weighted by atomic mass is 16.3. The molecule has 0 spiro atoms. The third-order valence-electron chi connectivity index (χ3n) is 8.85. The van der Waals surface area contributed by atoms with Gasteiger partial charge in [-0.1, -0.05) is 26.3 Å². The van der Waals surface area contributed by atoms with Gasteiger partial charge in [0.25, 0.3) is 0 Å². The van der Waals surface area contributed by atoms with Crippen molar-refractivity contribution in [1.29, 1.82) is 0 Å². The van der Waals surface area contributed by atoms with E-state index in [4.69, 9.17) is 0 Å². The minimum atomic E-state index is -0.542. The summed E-state index contributed by atoms with van der Waals surface area (Å²) in [6.45, 7) is 8.60. The van der Waals surface area contributed by atoms with E-state index in [9.17, 15) is 14.7 Å². The maximum Gasteiger partial charge on any atom is 0.158 e. The average Bonchev–Trinajstić information content (AvgIpc) is 2.79. The Morgan fingerprint density at radius 3 is 2.64 bits per heavy atom. The van der Waals surface area contributed by atoms with E-state index >= 15 is 0 Å². The van der Waals surface area contributed by atoms with Crippen LogP contribution in [0.1, 0.15) is 66.2 Å². The predicted molar refractivity (Wildman–Crippen MR) is 96.8 cm³/mol. The number of carbonyl (C=O) groups excluding carboxylic acids is 2. The Balaban J connectivity index is 1.72. The van der Waals surface area contributed by atoms with Crippen LogP contribution in [0.15, 0.2) is 11.6 Å². The zero-order chi connectivity index (χ0) is 18.1. The molecule has 4 rings (SSSR count). The van der Waals surface area contributed by atoms with Gasteiger partial charge in [-0.3, -0.25) is 9.59 Å². The summed E-state index contributed by atoms with van der Waals surface area (Å²) in [5.74, 6) is 2.72. The van der Waals surface area contributed by atoms with Crippen molar-refractivity contribution >= 4 is 11.6 Å². The molecule has 4 aliphatic rings. The smallest absolute Gasteiger partial charge is 0.158 e. The first-order valence-corrected chi connectivity index (χ1v) is 10.1. The van der Waals surface area contributed by atoms with Gasteiger partial charge in [0.15, 0.2) is 5.78 Å². The Morgan fingerprint density at radius 2 is 1.96 bits per heavy atom. The predicted octanol–water partition coefficient (Wildman–Crippen LogP) is 3.94. The molecule has 3 nitrogen and oxygen atoms in total. The zero-order valence-corrected chi connectivity index (χ0v) is 16.0. The summed E-state index contributed by atoms with van der Waals surface area (Å²) in [6, 6.07) is 0. The van der Waals surface area contributed by atoms with Gasteiger partial charge in [-0.2, -0.15) is 0 Å². The molecule has 0 heterocycles. The van der Waals surface area contributed by atoms with Crippen LogP contribution in [0.5, 0.6) is 0 Å². The molecular formula is C22H32O3. The maximum atomic E-state index is 12.4. The summed E-state index contributed by atoms with van der Waals surface area (Å²) in [5, 5.41) is 10.9. The number of carbonyl (C=O) groups is 2. The van der Waals surface area contributed by atoms with Crippen molar-refractivity contribution in [2.45, 2.75) is 72.3 Å². The van der Waals surface area contributed by atoms with Gasteiger partial charge in [0.2, 0.25) is 0 Å². The topological polar surface area (TPSA) is 54.4 Å². The molecule has 0 aliphatic heterocycles. The van der Waals surface area contributed by atoms with E-state index < -0.39 is 6.10 Å². The zero-order valence-electron chi connectivity index (χ0n) is 16.0. The number of rotatable bonds is 1. The minimum Gasteiger partial charge on any atom is -0.392 e. The summed E-state index contributed by atoms with van der Waals surface area (Å²) >= 11 is 0. The van der Waals surface area contributed by atoms with Crippen LogP contribution >= 0.6 is 0 Å². The lowest BCUT2D eigenvalue weighted by atomic mass is 9.46. The standard InChI is InChI=1S/C22H32O3/c1-12-9-18-16-6-5-14-10-15(24)11-19(25)22(14,4)17(16)7-8-21(18,3)20(12)13(2)23/h10,12,16-20,25H,5-9,11H2,1-4H3/t12-,16-,17+,18+,19?,20-,21+,22+/m1/s1. The lowest BCUT2D eigenvalue weighted by molar-refractivity contribution is -0.135. The molecule has 1 unspecified atom stereocenters. The molecule has 1 N–H and O–H groups in total. The molecule has 0 radical (unpaired) electrons. The highest BCUT2D eigenvalue weighted by Crippen LogP contribution is 2.67. The van der Waals surface area contributed by atoms with Crippen LogP contribution < -0.4 is 0 Å². The molecule has 4 aliphatic carbocycles. The molecule has 8 atom stereocenters. The second kappa shape index (κ2) is 5.52. The van der Waals surface area contributed by atoms with E-state index in [0.29, 0.717) is 29.5 Å². The SMILES string of the molecule is CC(=O)[C@H]1[C@H](C)C[C@H]2[C@@H]3CCC4=CC(=O)CC(O)[C@]4(C)[C@H]3CC[C@@]21C. The van der Waals surface area contributed by atoms with Gasteiger partial charge >= 0.3 is 0 Å². The fourth-order valence-electron chi connectivity index (χ4n) is 7.84. The fourth-order valence-corrected chi connectivity index (χ4v) is 7.84. The first kappa shape index (κ1) is 17.5. The normalized spacial score (nSPS) is 52.0. The number of aliphatic hydroxyl groups is 1. The van der Waals surface area contributed by atoms with Crippen molar-refractivity contribution in [2.75, 3.05) is 0 Å². The van der Waals surface area contributed by atoms with Gasteiger partial charge in [-0.05, 0) is 74.2 Å². The molecule has 3 heteroatoms. The monoisotopic (exact) mass is 344 g/mol. The van der Waals surface area contributed by atoms with Gasteiger partial charge in [-0.25, -0.2) is 0 Å². The van der Waals surface area contributed by atoms with Crippen molar-refractivity contribution in [3.05, 3.63) is 11.6 Å². The number of hydrogen-bond donors (Lipinski definition) is 1. The molecule has 0 aromatic rings. The number of ketones is 2. The van der Waals surface area contributed by atoms with Crippen LogP contribution in [-0.2, 0) is 9.59 Å². The Kier molecular flexibility index (Phi) is 3.85. The minimum absolute atomic E-state index is 0.0882. The summed E-state index contributed by atoms with van der Waals surface area (Å²) in [7, 11) is 0. The molecule has 0 aromatic carbocycles. The van der Waals surface area contributed by atoms with Crippen molar-refractivity contribution in [3.8, 4) is 0 Å². The Hall–Kier alpha value is -0.960. The van der Waals surface area contributed by atoms with Crippen molar-refractivity contribution < 1.29 is 14.7 Å². The molecule has 3 fully saturated rings. The fraction of sp³-hybridized carbons (Fsp3) is 0.818. The highest BCUT2D eigenvalue weighted by molar-refractivity contribution is 5.92. The van der Waals surface area contributed by atoms with E-state index in [2.05, 4.69) is 20.8 Å². The summed E-state index contributed by atoms with van der Waals surface area (Å²) in [5.41, 5.74) is 1.07. The van der Waals surface area contributed by atoms with E-state index in [-0.39, 0.29) is 29.0 Å². The summed E-state index contributed by atoms with van der Waals surface area (Å²) < 4.78 is 0. The van der Waals surface area contributed by atoms with Crippen LogP contribution in [0.2, 0.25) is 0 Å². The molecule has 138 valence electrons. The van der Waals surface area contributed by atoms with Crippen LogP contribution in [-0.4, -0.2) is 22.8 Å². The van der Waals surface area contributed by atoms with Crippen LogP contribution in [0.3, 0.4) is 0 Å². The van der Waals surface area contributed by atoms with Gasteiger partial charge in [0.05, 0.1) is 6.10 Å². The van der Waals surface area contributed by atoms with Crippen molar-refractivity contribution in [2.24, 2.45) is 40.4 Å². The second-order valence-corrected chi connectivity index (χ2v) is 9.90. The lowest BCUT2D eigenvalue weighted by Gasteiger charge is -2.59. The maximum absolute atomic E-state index is 12.4. The molecule has 0 saturated heterocycles. The highest BCUT2D eigenvalue weighted by Gasteiger charge is 2.62. The van der Waals surface area contributed by atoms with Gasteiger partial charge in [0, 0.05) is 17.8 Å². The first-order chi connectivity index (χ1) is 11.7. The second-order valence-electron chi connectivity index (χ2n) is 9.90. The van der Waals surface area contributed by atoms with E-state index in [1.54, 1.807) is 6.92 Å². The molecule has 0 aromatic heterocycles. The van der Waals surface area contributed by atoms with Crippen molar-refractivity contribution in [1.82, 2.24) is 0 Å². The van der Waals surface area contributed by atoms with E-state index in [1.165, 1.54) is 5.57 Å². The first-order valence-electron chi connectivity index (χ1n) is 10.1. The quantitative estimate of drug-likeness (QED) is 0.784. The summed E-state index contributed by atoms with van der Waals surface area (Å²) in [6.07, 6.45) is 6.93. The Morgan fingerprint density at radius 1 is 1.24 bits per heavy atom. The largest absolute Gasteiger partial charge is 0.392 e. The number of fused-ring (bicyclic) bond motifs is 5. The van der Waals surface area contributed by atoms with Gasteiger partial charge in [0.1, 0.15) is 5.78 Å². The Labute approximate surface area is 151 Å². The molecule has 3 saturated carbocycles. The van der Waals surface area contributed by atoms with E-state index in [0.717, 1.165) is 32.1 Å². The number of Topliss-reactive ketones (excluding diaryl/α,β-unsaturated/α-hetero) is 1. The van der Waals surface area contributed by atoms with Crippen LogP contribution in [0, 0.1) is 40.4 Å². The average molecular weight is 344 g/mol.